The van der Waals surface area contributed by atoms with Gasteiger partial charge in [0.15, 0.2) is 17.3 Å². The Labute approximate surface area is 247 Å². The van der Waals surface area contributed by atoms with Crippen LogP contribution >= 0.6 is 23.2 Å². The van der Waals surface area contributed by atoms with Crippen LogP contribution in [0.3, 0.4) is 0 Å². The lowest BCUT2D eigenvalue weighted by Crippen LogP contribution is -2.48. The zero-order valence-corrected chi connectivity index (χ0v) is 23.4. The fourth-order valence-electron chi connectivity index (χ4n) is 6.94. The zero-order valence-electron chi connectivity index (χ0n) is 21.9. The van der Waals surface area contributed by atoms with Crippen molar-refractivity contribution in [3.63, 3.8) is 0 Å². The van der Waals surface area contributed by atoms with E-state index in [1.165, 1.54) is 0 Å². The van der Waals surface area contributed by atoms with Crippen molar-refractivity contribution in [3.05, 3.63) is 135 Å². The number of anilines is 1. The number of hydrogen-bond acceptors (Lipinski definition) is 5. The fourth-order valence-corrected chi connectivity index (χ4v) is 7.47. The topological polar surface area (TPSA) is 63.7 Å². The number of rotatable bonds is 4. The van der Waals surface area contributed by atoms with Crippen LogP contribution in [0.25, 0.3) is 6.08 Å². The predicted octanol–water partition coefficient (Wildman–Crippen LogP) is 7.32. The molecule has 0 N–H and O–H groups in total. The molecule has 3 atom stereocenters. The summed E-state index contributed by atoms with van der Waals surface area (Å²) < 4.78 is 5.31. The molecule has 0 aromatic heterocycles. The molecule has 0 radical (unpaired) electrons. The lowest BCUT2D eigenvalue weighted by molar-refractivity contribution is 0.0666. The minimum Gasteiger partial charge on any atom is -0.497 e. The number of ether oxygens (including phenoxy) is 1. The molecule has 0 amide bonds. The Bertz CT molecular complexity index is 1760. The second-order valence-corrected chi connectivity index (χ2v) is 11.4. The van der Waals surface area contributed by atoms with Crippen molar-refractivity contribution in [1.82, 2.24) is 0 Å². The van der Waals surface area contributed by atoms with Crippen molar-refractivity contribution in [2.45, 2.75) is 18.0 Å². The summed E-state index contributed by atoms with van der Waals surface area (Å²) in [5.41, 5.74) is 1.72. The molecule has 3 aliphatic rings. The van der Waals surface area contributed by atoms with Gasteiger partial charge in [-0.2, -0.15) is 0 Å². The van der Waals surface area contributed by atoms with E-state index >= 15 is 0 Å². The highest BCUT2D eigenvalue weighted by Gasteiger charge is 2.71. The summed E-state index contributed by atoms with van der Waals surface area (Å²) in [6.07, 6.45) is 3.82. The highest BCUT2D eigenvalue weighted by molar-refractivity contribution is 6.36. The minimum absolute atomic E-state index is 0.229. The summed E-state index contributed by atoms with van der Waals surface area (Å²) in [7, 11) is 1.56. The van der Waals surface area contributed by atoms with Crippen molar-refractivity contribution >= 4 is 52.3 Å². The summed E-state index contributed by atoms with van der Waals surface area (Å²) in [5.74, 6) is -1.14. The number of ketones is 3. The molecule has 4 aromatic carbocycles. The van der Waals surface area contributed by atoms with Crippen LogP contribution in [-0.4, -0.2) is 36.5 Å². The molecule has 202 valence electrons. The average molecular weight is 580 g/mol. The molecule has 0 bridgehead atoms. The molecule has 5 nitrogen and oxygen atoms in total. The number of nitrogens with zero attached hydrogens (tertiary/aromatic N) is 1. The van der Waals surface area contributed by atoms with Gasteiger partial charge in [-0.25, -0.2) is 0 Å². The first-order valence-corrected chi connectivity index (χ1v) is 14.0. The van der Waals surface area contributed by atoms with E-state index < -0.39 is 23.4 Å². The maximum Gasteiger partial charge on any atom is 0.185 e. The fraction of sp³-hybridized carbons (Fsp3) is 0.147. The molecule has 2 heterocycles. The van der Waals surface area contributed by atoms with Crippen LogP contribution in [0.2, 0.25) is 10.0 Å². The standard InChI is InChI=1S/C34H23Cl2NO4/c1-41-22-14-10-20(11-15-22)31(38)30-29(25-16-13-21(35)18-26(25)36)34(32(39)23-7-3-4-8-24(23)33(34)40)28-17-12-19-6-2-5-9-27(19)37(28)30/h2-18,28-30H,1H3/t28-,29-,30-/m1/s1. The van der Waals surface area contributed by atoms with Gasteiger partial charge in [0, 0.05) is 38.3 Å². The third-order valence-corrected chi connectivity index (χ3v) is 9.22. The summed E-state index contributed by atoms with van der Waals surface area (Å²) in [4.78, 5) is 46.0. The van der Waals surface area contributed by atoms with Gasteiger partial charge in [0.05, 0.1) is 13.2 Å². The van der Waals surface area contributed by atoms with E-state index in [9.17, 15) is 14.4 Å². The maximum absolute atomic E-state index is 14.7. The highest BCUT2D eigenvalue weighted by Crippen LogP contribution is 2.61. The third kappa shape index (κ3) is 3.52. The van der Waals surface area contributed by atoms with E-state index in [0.29, 0.717) is 38.0 Å². The van der Waals surface area contributed by atoms with Gasteiger partial charge in [0.1, 0.15) is 17.2 Å². The van der Waals surface area contributed by atoms with E-state index in [0.717, 1.165) is 11.3 Å². The van der Waals surface area contributed by atoms with Crippen molar-refractivity contribution < 1.29 is 19.1 Å². The number of carbonyl (C=O) groups is 3. The summed E-state index contributed by atoms with van der Waals surface area (Å²) >= 11 is 13.2. The number of fused-ring (bicyclic) bond motifs is 5. The Hall–Kier alpha value is -4.19. The average Bonchev–Trinajstić information content (AvgIpc) is 3.43. The number of halogens is 2. The summed E-state index contributed by atoms with van der Waals surface area (Å²) in [5, 5.41) is 0.710. The zero-order chi connectivity index (χ0) is 28.5. The smallest absolute Gasteiger partial charge is 0.185 e. The van der Waals surface area contributed by atoms with Crippen molar-refractivity contribution in [3.8, 4) is 5.75 Å². The Balaban J connectivity index is 1.55. The van der Waals surface area contributed by atoms with Crippen LogP contribution in [0.4, 0.5) is 5.69 Å². The highest BCUT2D eigenvalue weighted by atomic mass is 35.5. The number of para-hydroxylation sites is 1. The van der Waals surface area contributed by atoms with Crippen LogP contribution in [-0.2, 0) is 0 Å². The summed E-state index contributed by atoms with van der Waals surface area (Å²) in [6.45, 7) is 0. The van der Waals surface area contributed by atoms with Gasteiger partial charge in [-0.15, -0.1) is 0 Å². The van der Waals surface area contributed by atoms with Gasteiger partial charge in [-0.1, -0.05) is 83.9 Å². The van der Waals surface area contributed by atoms with Crippen molar-refractivity contribution in [1.29, 1.82) is 0 Å². The normalized spacial score (nSPS) is 21.5. The molecule has 1 fully saturated rings. The number of carbonyl (C=O) groups excluding carboxylic acids is 3. The Morgan fingerprint density at radius 3 is 2.17 bits per heavy atom. The second-order valence-electron chi connectivity index (χ2n) is 10.5. The molecule has 1 saturated heterocycles. The van der Waals surface area contributed by atoms with Crippen LogP contribution in [0, 0.1) is 5.41 Å². The molecule has 4 aromatic rings. The molecule has 7 heteroatoms. The largest absolute Gasteiger partial charge is 0.497 e. The van der Waals surface area contributed by atoms with E-state index in [1.807, 2.05) is 41.3 Å². The van der Waals surface area contributed by atoms with Gasteiger partial charge >= 0.3 is 0 Å². The summed E-state index contributed by atoms with van der Waals surface area (Å²) in [6, 6.07) is 24.8. The molecule has 41 heavy (non-hydrogen) atoms. The van der Waals surface area contributed by atoms with E-state index in [2.05, 4.69) is 0 Å². The van der Waals surface area contributed by atoms with E-state index in [1.54, 1.807) is 73.8 Å². The van der Waals surface area contributed by atoms with Crippen LogP contribution in [0.1, 0.15) is 48.1 Å². The second kappa shape index (κ2) is 9.44. The first-order chi connectivity index (χ1) is 19.9. The van der Waals surface area contributed by atoms with Gasteiger partial charge in [-0.3, -0.25) is 14.4 Å². The number of Topliss-reactive ketones (excluding diaryl/α,β-unsaturated/α-hetero) is 3. The van der Waals surface area contributed by atoms with Gasteiger partial charge < -0.3 is 9.64 Å². The van der Waals surface area contributed by atoms with Crippen molar-refractivity contribution in [2.24, 2.45) is 5.41 Å². The Morgan fingerprint density at radius 1 is 0.854 bits per heavy atom. The number of methoxy groups -OCH3 is 1. The molecule has 0 saturated carbocycles. The quantitative estimate of drug-likeness (QED) is 0.187. The SMILES string of the molecule is COc1ccc(C(=O)[C@H]2[C@@H](c3ccc(Cl)cc3Cl)C3(C(=O)c4ccccc4C3=O)[C@H]3C=Cc4ccccc4N23)cc1. The molecule has 2 aliphatic heterocycles. The van der Waals surface area contributed by atoms with Crippen molar-refractivity contribution in [2.75, 3.05) is 12.0 Å². The van der Waals surface area contributed by atoms with E-state index in [-0.39, 0.29) is 17.3 Å². The van der Waals surface area contributed by atoms with Gasteiger partial charge in [0.25, 0.3) is 0 Å². The lowest BCUT2D eigenvalue weighted by atomic mass is 9.64. The molecule has 0 unspecified atom stereocenters. The van der Waals surface area contributed by atoms with Gasteiger partial charge in [0.2, 0.25) is 0 Å². The third-order valence-electron chi connectivity index (χ3n) is 8.65. The van der Waals surface area contributed by atoms with Crippen LogP contribution in [0.5, 0.6) is 5.75 Å². The Morgan fingerprint density at radius 2 is 1.51 bits per heavy atom. The van der Waals surface area contributed by atoms with Crippen LogP contribution < -0.4 is 9.64 Å². The minimum atomic E-state index is -1.63. The van der Waals surface area contributed by atoms with Crippen LogP contribution in [0.15, 0.2) is 97.1 Å². The predicted molar refractivity (Wildman–Crippen MR) is 160 cm³/mol. The van der Waals surface area contributed by atoms with Gasteiger partial charge in [-0.05, 0) is 53.6 Å². The molecule has 1 spiro atoms. The first-order valence-electron chi connectivity index (χ1n) is 13.3. The monoisotopic (exact) mass is 579 g/mol. The Kier molecular flexibility index (Phi) is 5.93. The lowest BCUT2D eigenvalue weighted by Gasteiger charge is -2.37. The first kappa shape index (κ1) is 25.8. The molecular formula is C34H23Cl2NO4. The molecule has 1 aliphatic carbocycles. The maximum atomic E-state index is 14.7. The number of benzene rings is 4. The molecular weight excluding hydrogens is 557 g/mol. The van der Waals surface area contributed by atoms with E-state index in [4.69, 9.17) is 27.9 Å². The number of hydrogen-bond donors (Lipinski definition) is 0. The molecule has 7 rings (SSSR count).